The van der Waals surface area contributed by atoms with E-state index in [1.165, 1.54) is 6.07 Å². The van der Waals surface area contributed by atoms with Crippen molar-refractivity contribution in [2.75, 3.05) is 17.2 Å². The van der Waals surface area contributed by atoms with E-state index in [0.717, 1.165) is 17.3 Å². The molecular weight excluding hydrogens is 246 g/mol. The van der Waals surface area contributed by atoms with Gasteiger partial charge in [0.15, 0.2) is 11.6 Å². The van der Waals surface area contributed by atoms with Crippen LogP contribution in [0.25, 0.3) is 0 Å². The molecular formula is C15H16F2N2. The lowest BCUT2D eigenvalue weighted by molar-refractivity contribution is 0.509. The monoisotopic (exact) mass is 262 g/mol. The molecule has 4 heteroatoms. The minimum absolute atomic E-state index is 0.0892. The summed E-state index contributed by atoms with van der Waals surface area (Å²) in [6.45, 7) is 4.33. The summed E-state index contributed by atoms with van der Waals surface area (Å²) < 4.78 is 27.3. The molecule has 0 radical (unpaired) electrons. The van der Waals surface area contributed by atoms with E-state index in [4.69, 9.17) is 5.73 Å². The highest BCUT2D eigenvalue weighted by molar-refractivity contribution is 5.75. The van der Waals surface area contributed by atoms with Crippen molar-refractivity contribution in [3.63, 3.8) is 0 Å². The van der Waals surface area contributed by atoms with Gasteiger partial charge in [-0.1, -0.05) is 17.7 Å². The van der Waals surface area contributed by atoms with Crippen molar-refractivity contribution in [1.29, 1.82) is 0 Å². The molecule has 2 aromatic rings. The third-order valence-corrected chi connectivity index (χ3v) is 3.03. The molecule has 0 aliphatic rings. The van der Waals surface area contributed by atoms with Crippen LogP contribution < -0.4 is 10.6 Å². The Morgan fingerprint density at radius 3 is 2.26 bits per heavy atom. The van der Waals surface area contributed by atoms with Crippen LogP contribution in [0.3, 0.4) is 0 Å². The first-order valence-corrected chi connectivity index (χ1v) is 6.12. The highest BCUT2D eigenvalue weighted by atomic mass is 19.2. The Balaban J connectivity index is 2.54. The maximum Gasteiger partial charge on any atom is 0.184 e. The van der Waals surface area contributed by atoms with Crippen molar-refractivity contribution in [3.05, 3.63) is 53.6 Å². The van der Waals surface area contributed by atoms with Gasteiger partial charge in [-0.25, -0.2) is 8.78 Å². The van der Waals surface area contributed by atoms with Crippen molar-refractivity contribution >= 4 is 17.1 Å². The zero-order valence-corrected chi connectivity index (χ0v) is 11.0. The summed E-state index contributed by atoms with van der Waals surface area (Å²) in [5.41, 5.74) is 7.98. The number of anilines is 3. The van der Waals surface area contributed by atoms with E-state index in [1.54, 1.807) is 4.90 Å². The smallest absolute Gasteiger partial charge is 0.184 e. The zero-order chi connectivity index (χ0) is 14.0. The van der Waals surface area contributed by atoms with Crippen molar-refractivity contribution in [3.8, 4) is 0 Å². The van der Waals surface area contributed by atoms with Gasteiger partial charge in [-0.2, -0.15) is 0 Å². The Morgan fingerprint density at radius 2 is 1.68 bits per heavy atom. The second-order valence-electron chi connectivity index (χ2n) is 4.38. The maximum atomic E-state index is 14.0. The second-order valence-corrected chi connectivity index (χ2v) is 4.38. The number of nitrogens with two attached hydrogens (primary N) is 1. The number of hydrogen-bond acceptors (Lipinski definition) is 2. The van der Waals surface area contributed by atoms with Crippen LogP contribution in [-0.2, 0) is 0 Å². The van der Waals surface area contributed by atoms with E-state index >= 15 is 0 Å². The Hall–Kier alpha value is -2.10. The lowest BCUT2D eigenvalue weighted by Gasteiger charge is -2.25. The quantitative estimate of drug-likeness (QED) is 0.847. The van der Waals surface area contributed by atoms with Gasteiger partial charge in [-0.15, -0.1) is 0 Å². The standard InChI is InChI=1S/C15H16F2N2/c1-3-19(11-6-4-10(2)5-7-11)15-13(18)9-8-12(16)14(15)17/h4-9H,3,18H2,1-2H3. The number of benzene rings is 2. The molecule has 0 unspecified atom stereocenters. The Kier molecular flexibility index (Phi) is 3.69. The molecule has 0 aromatic heterocycles. The summed E-state index contributed by atoms with van der Waals surface area (Å²) in [4.78, 5) is 1.66. The summed E-state index contributed by atoms with van der Waals surface area (Å²) >= 11 is 0. The number of nitrogen functional groups attached to an aromatic ring is 1. The van der Waals surface area contributed by atoms with Gasteiger partial charge >= 0.3 is 0 Å². The van der Waals surface area contributed by atoms with Crippen LogP contribution in [0.4, 0.5) is 25.8 Å². The molecule has 100 valence electrons. The first-order valence-electron chi connectivity index (χ1n) is 6.12. The number of aryl methyl sites for hydroxylation is 1. The largest absolute Gasteiger partial charge is 0.397 e. The normalized spacial score (nSPS) is 10.5. The van der Waals surface area contributed by atoms with Gasteiger partial charge in [-0.3, -0.25) is 0 Å². The zero-order valence-electron chi connectivity index (χ0n) is 11.0. The molecule has 0 aliphatic heterocycles. The lowest BCUT2D eigenvalue weighted by atomic mass is 10.1. The van der Waals surface area contributed by atoms with E-state index in [1.807, 2.05) is 38.1 Å². The summed E-state index contributed by atoms with van der Waals surface area (Å²) in [7, 11) is 0. The van der Waals surface area contributed by atoms with E-state index in [9.17, 15) is 8.78 Å². The molecule has 0 fully saturated rings. The SMILES string of the molecule is CCN(c1ccc(C)cc1)c1c(N)ccc(F)c1F. The highest BCUT2D eigenvalue weighted by Crippen LogP contribution is 2.34. The molecule has 0 aliphatic carbocycles. The Morgan fingerprint density at radius 1 is 1.05 bits per heavy atom. The van der Waals surface area contributed by atoms with Crippen LogP contribution in [-0.4, -0.2) is 6.54 Å². The van der Waals surface area contributed by atoms with Crippen molar-refractivity contribution < 1.29 is 8.78 Å². The number of rotatable bonds is 3. The molecule has 2 N–H and O–H groups in total. The van der Waals surface area contributed by atoms with Crippen molar-refractivity contribution in [1.82, 2.24) is 0 Å². The van der Waals surface area contributed by atoms with E-state index < -0.39 is 11.6 Å². The molecule has 0 atom stereocenters. The van der Waals surface area contributed by atoms with Crippen molar-refractivity contribution in [2.24, 2.45) is 0 Å². The Bertz CT molecular complexity index is 579. The molecule has 2 aromatic carbocycles. The van der Waals surface area contributed by atoms with Crippen LogP contribution >= 0.6 is 0 Å². The highest BCUT2D eigenvalue weighted by Gasteiger charge is 2.18. The number of hydrogen-bond donors (Lipinski definition) is 1. The molecule has 0 heterocycles. The van der Waals surface area contributed by atoms with Gasteiger partial charge in [-0.05, 0) is 38.1 Å². The fourth-order valence-corrected chi connectivity index (χ4v) is 2.02. The number of nitrogens with zero attached hydrogens (tertiary/aromatic N) is 1. The summed E-state index contributed by atoms with van der Waals surface area (Å²) in [6, 6.07) is 9.99. The van der Waals surface area contributed by atoms with E-state index in [-0.39, 0.29) is 11.4 Å². The van der Waals surface area contributed by atoms with Gasteiger partial charge in [0, 0.05) is 12.2 Å². The Labute approximate surface area is 111 Å². The van der Waals surface area contributed by atoms with Gasteiger partial charge < -0.3 is 10.6 Å². The number of halogens is 2. The summed E-state index contributed by atoms with van der Waals surface area (Å²) in [5.74, 6) is -1.81. The van der Waals surface area contributed by atoms with Crippen LogP contribution in [0.5, 0.6) is 0 Å². The third-order valence-electron chi connectivity index (χ3n) is 3.03. The van der Waals surface area contributed by atoms with Gasteiger partial charge in [0.1, 0.15) is 5.69 Å². The predicted octanol–water partition coefficient (Wildman–Crippen LogP) is 4.01. The first kappa shape index (κ1) is 13.3. The topological polar surface area (TPSA) is 29.3 Å². The van der Waals surface area contributed by atoms with Crippen LogP contribution in [0.15, 0.2) is 36.4 Å². The summed E-state index contributed by atoms with van der Waals surface area (Å²) in [5, 5.41) is 0. The molecule has 2 rings (SSSR count). The molecule has 0 saturated carbocycles. The van der Waals surface area contributed by atoms with Gasteiger partial charge in [0.25, 0.3) is 0 Å². The maximum absolute atomic E-state index is 14.0. The fraction of sp³-hybridized carbons (Fsp3) is 0.200. The molecule has 0 saturated heterocycles. The molecule has 0 bridgehead atoms. The minimum atomic E-state index is -0.914. The van der Waals surface area contributed by atoms with Gasteiger partial charge in [0.2, 0.25) is 0 Å². The van der Waals surface area contributed by atoms with Gasteiger partial charge in [0.05, 0.1) is 5.69 Å². The average molecular weight is 262 g/mol. The van der Waals surface area contributed by atoms with E-state index in [2.05, 4.69) is 0 Å². The van der Waals surface area contributed by atoms with Crippen LogP contribution in [0, 0.1) is 18.6 Å². The third kappa shape index (κ3) is 2.52. The molecule has 0 amide bonds. The molecule has 19 heavy (non-hydrogen) atoms. The van der Waals surface area contributed by atoms with E-state index in [0.29, 0.717) is 6.54 Å². The second kappa shape index (κ2) is 5.26. The molecule has 2 nitrogen and oxygen atoms in total. The predicted molar refractivity (Wildman–Crippen MR) is 74.6 cm³/mol. The van der Waals surface area contributed by atoms with Crippen LogP contribution in [0.2, 0.25) is 0 Å². The first-order chi connectivity index (χ1) is 9.04. The fourth-order valence-electron chi connectivity index (χ4n) is 2.02. The summed E-state index contributed by atoms with van der Waals surface area (Å²) in [6.07, 6.45) is 0. The van der Waals surface area contributed by atoms with Crippen molar-refractivity contribution in [2.45, 2.75) is 13.8 Å². The lowest BCUT2D eigenvalue weighted by Crippen LogP contribution is -2.19. The molecule has 0 spiro atoms. The average Bonchev–Trinajstić information content (AvgIpc) is 2.40. The minimum Gasteiger partial charge on any atom is -0.397 e. The van der Waals surface area contributed by atoms with Crippen LogP contribution in [0.1, 0.15) is 12.5 Å².